The minimum Gasteiger partial charge on any atom is 2.00 e. The van der Waals surface area contributed by atoms with E-state index >= 15 is 0 Å². The zero-order valence-corrected chi connectivity index (χ0v) is 6.05. The van der Waals surface area contributed by atoms with Crippen LogP contribution in [0.2, 0.25) is 0 Å². The molecule has 7 heteroatoms. The fourth-order valence-electron chi connectivity index (χ4n) is 0. The maximum atomic E-state index is 8.72. The average molecular weight is 213 g/mol. The number of hydrogen-bond acceptors (Lipinski definition) is 3. The molecule has 0 unspecified atom stereocenters. The third kappa shape index (κ3) is 290. The minimum absolute atomic E-state index is 0. The van der Waals surface area contributed by atoms with E-state index in [0.29, 0.717) is 0 Å². The molecule has 3 N–H and O–H groups in total. The zero-order valence-electron chi connectivity index (χ0n) is 3.00. The molecule has 0 aromatic carbocycles. The van der Waals surface area contributed by atoms with Crippen molar-refractivity contribution in [1.82, 2.24) is 0 Å². The average Bonchev–Trinajstić information content (AvgIpc) is 0.722. The Balaban J connectivity index is -0.0000000800. The molecule has 0 rings (SSSR count). The quantitative estimate of drug-likeness (QED) is 0.410. The van der Waals surface area contributed by atoms with Crippen LogP contribution in [0.4, 0.5) is 0 Å². The first kappa shape index (κ1) is 15.6. The van der Waals surface area contributed by atoms with E-state index in [1.807, 2.05) is 0 Å². The Hall–Kier alpha value is 0.718. The Morgan fingerprint density at radius 2 is 1.43 bits per heavy atom. The summed E-state index contributed by atoms with van der Waals surface area (Å²) in [5.41, 5.74) is 0. The molecule has 0 spiro atoms. The molecular weight excluding hydrogens is 210 g/mol. The van der Waals surface area contributed by atoms with Crippen molar-refractivity contribution in [2.45, 2.75) is 0 Å². The Bertz CT molecular complexity index is 54.2. The van der Waals surface area contributed by atoms with Crippen LogP contribution in [-0.4, -0.2) is 24.1 Å². The molecule has 0 aliphatic carbocycles. The van der Waals surface area contributed by atoms with Crippen LogP contribution < -0.4 is 8.19 Å². The second-order valence-corrected chi connectivity index (χ2v) is 2.43. The van der Waals surface area contributed by atoms with Gasteiger partial charge in [0.15, 0.2) is 0 Å². The SMILES string of the molecule is O.O=[As]([O-])([O-])O.[Mn+2]. The van der Waals surface area contributed by atoms with Gasteiger partial charge in [0.1, 0.15) is 0 Å². The minimum atomic E-state index is -5.62. The number of hydrogen-bond donors (Lipinski definition) is 1. The summed E-state index contributed by atoms with van der Waals surface area (Å²) in [6.07, 6.45) is 0. The maximum Gasteiger partial charge on any atom is 2.00 e. The van der Waals surface area contributed by atoms with E-state index in [0.717, 1.165) is 0 Å². The molecule has 0 heterocycles. The van der Waals surface area contributed by atoms with Crippen molar-refractivity contribution in [2.24, 2.45) is 0 Å². The molecule has 0 atom stereocenters. The topological polar surface area (TPSA) is 115 Å². The third-order valence-corrected chi connectivity index (χ3v) is 0. The summed E-state index contributed by atoms with van der Waals surface area (Å²) in [4.78, 5) is 0. The van der Waals surface area contributed by atoms with Crippen LogP contribution in [-0.2, 0) is 20.8 Å². The van der Waals surface area contributed by atoms with Crippen molar-refractivity contribution >= 4 is 14.5 Å². The summed E-state index contributed by atoms with van der Waals surface area (Å²) in [7, 11) is 0. The second-order valence-electron chi connectivity index (χ2n) is 0.469. The summed E-state index contributed by atoms with van der Waals surface area (Å²) >= 11 is -5.62. The van der Waals surface area contributed by atoms with Gasteiger partial charge in [-0.25, -0.2) is 0 Å². The number of rotatable bonds is 0. The Labute approximate surface area is 53.5 Å². The molecule has 0 bridgehead atoms. The third-order valence-electron chi connectivity index (χ3n) is 0. The van der Waals surface area contributed by atoms with Crippen LogP contribution in [0.5, 0.6) is 0 Å². The van der Waals surface area contributed by atoms with Gasteiger partial charge < -0.3 is 5.48 Å². The van der Waals surface area contributed by atoms with Gasteiger partial charge >= 0.3 is 47.6 Å². The fourth-order valence-corrected chi connectivity index (χ4v) is 0. The van der Waals surface area contributed by atoms with E-state index in [9.17, 15) is 0 Å². The van der Waals surface area contributed by atoms with E-state index in [2.05, 4.69) is 0 Å². The summed E-state index contributed by atoms with van der Waals surface area (Å²) in [6, 6.07) is 0. The van der Waals surface area contributed by atoms with Crippen LogP contribution in [0.1, 0.15) is 0 Å². The van der Waals surface area contributed by atoms with Gasteiger partial charge in [-0.15, -0.1) is 0 Å². The molecule has 0 saturated carbocycles. The van der Waals surface area contributed by atoms with Crippen LogP contribution in [0.3, 0.4) is 0 Å². The molecule has 0 fully saturated rings. The van der Waals surface area contributed by atoms with Gasteiger partial charge in [-0.2, -0.15) is 0 Å². The smallest absolute Gasteiger partial charge is 2.00 e. The molecule has 1 radical (unpaired) electrons. The molecule has 0 aliphatic heterocycles. The van der Waals surface area contributed by atoms with Gasteiger partial charge in [0, 0.05) is 0 Å². The monoisotopic (exact) mass is 213 g/mol. The van der Waals surface area contributed by atoms with Gasteiger partial charge in [0.2, 0.25) is 0 Å². The van der Waals surface area contributed by atoms with Gasteiger partial charge in [-0.1, -0.05) is 0 Å². The first-order valence-electron chi connectivity index (χ1n) is 0.748. The van der Waals surface area contributed by atoms with Crippen LogP contribution in [0, 0.1) is 0 Å². The van der Waals surface area contributed by atoms with E-state index in [1.165, 1.54) is 0 Å². The van der Waals surface area contributed by atoms with E-state index in [4.69, 9.17) is 16.0 Å². The molecular formula is H3AsMnO5. The largest absolute Gasteiger partial charge is 2.00 e. The summed E-state index contributed by atoms with van der Waals surface area (Å²) < 4.78 is 33.2. The molecule has 7 heavy (non-hydrogen) atoms. The Morgan fingerprint density at radius 1 is 1.43 bits per heavy atom. The van der Waals surface area contributed by atoms with Crippen molar-refractivity contribution in [3.05, 3.63) is 0 Å². The molecule has 0 aromatic heterocycles. The standard InChI is InChI=1S/AsH3O4.Mn.H2O/c2-1(3,4)5;;/h(H3,2,3,4,5);;1H2/q;+2;/p-2. The molecule has 0 aromatic rings. The van der Waals surface area contributed by atoms with Crippen LogP contribution in [0.15, 0.2) is 0 Å². The van der Waals surface area contributed by atoms with Gasteiger partial charge in [0.05, 0.1) is 0 Å². The predicted molar refractivity (Wildman–Crippen MR) is 12.3 cm³/mol. The summed E-state index contributed by atoms with van der Waals surface area (Å²) in [6.45, 7) is 0. The van der Waals surface area contributed by atoms with E-state index in [1.54, 1.807) is 0 Å². The Morgan fingerprint density at radius 3 is 1.43 bits per heavy atom. The second kappa shape index (κ2) is 4.87. The van der Waals surface area contributed by atoms with Crippen molar-refractivity contribution < 1.29 is 38.6 Å². The van der Waals surface area contributed by atoms with Crippen molar-refractivity contribution in [1.29, 1.82) is 0 Å². The van der Waals surface area contributed by atoms with Gasteiger partial charge in [0.25, 0.3) is 0 Å². The van der Waals surface area contributed by atoms with E-state index < -0.39 is 14.5 Å². The molecule has 45 valence electrons. The zero-order chi connectivity index (χ0) is 4.50. The fraction of sp³-hybridized carbons (Fsp3) is 0. The molecule has 5 nitrogen and oxygen atoms in total. The predicted octanol–water partition coefficient (Wildman–Crippen LogP) is -4.26. The first-order chi connectivity index (χ1) is 2.00. The Kier molecular flexibility index (Phi) is 10.9. The molecule has 0 saturated heterocycles. The molecule has 0 amide bonds. The maximum absolute atomic E-state index is 8.72. The van der Waals surface area contributed by atoms with E-state index in [-0.39, 0.29) is 22.5 Å². The summed E-state index contributed by atoms with van der Waals surface area (Å²) in [5.74, 6) is 0. The summed E-state index contributed by atoms with van der Waals surface area (Å²) in [5, 5.41) is 0. The van der Waals surface area contributed by atoms with Gasteiger partial charge in [-0.3, -0.25) is 0 Å². The first-order valence-corrected chi connectivity index (χ1v) is 3.89. The normalized spacial score (nSPS) is 8.43. The van der Waals surface area contributed by atoms with Crippen LogP contribution >= 0.6 is 0 Å². The van der Waals surface area contributed by atoms with Crippen molar-refractivity contribution in [2.75, 3.05) is 0 Å². The molecule has 0 aliphatic rings. The van der Waals surface area contributed by atoms with Gasteiger partial charge in [-0.05, 0) is 0 Å². The van der Waals surface area contributed by atoms with Crippen molar-refractivity contribution in [3.63, 3.8) is 0 Å². The van der Waals surface area contributed by atoms with Crippen LogP contribution in [0.25, 0.3) is 0 Å². The van der Waals surface area contributed by atoms with Crippen molar-refractivity contribution in [3.8, 4) is 0 Å².